The highest BCUT2D eigenvalue weighted by Crippen LogP contribution is 2.15. The average Bonchev–Trinajstić information content (AvgIpc) is 2.59. The van der Waals surface area contributed by atoms with Crippen molar-refractivity contribution in [3.05, 3.63) is 24.3 Å². The number of nitrogens with two attached hydrogens (primary N) is 1. The van der Waals surface area contributed by atoms with E-state index >= 15 is 0 Å². The lowest BCUT2D eigenvalue weighted by Crippen LogP contribution is -2.57. The van der Waals surface area contributed by atoms with Crippen molar-refractivity contribution in [3.63, 3.8) is 0 Å². The molecule has 0 aromatic heterocycles. The highest BCUT2D eigenvalue weighted by molar-refractivity contribution is 6.75. The summed E-state index contributed by atoms with van der Waals surface area (Å²) >= 11 is 0. The van der Waals surface area contributed by atoms with Crippen LogP contribution in [0.3, 0.4) is 0 Å². The Morgan fingerprint density at radius 3 is 2.12 bits per heavy atom. The molecule has 138 valence electrons. The molecule has 0 heterocycles. The van der Waals surface area contributed by atoms with E-state index in [2.05, 4.69) is 5.32 Å². The van der Waals surface area contributed by atoms with Gasteiger partial charge in [0.2, 0.25) is 0 Å². The van der Waals surface area contributed by atoms with E-state index in [9.17, 15) is 0 Å². The van der Waals surface area contributed by atoms with Crippen LogP contribution in [-0.2, 0) is 13.3 Å². The van der Waals surface area contributed by atoms with Crippen LogP contribution in [0.1, 0.15) is 27.2 Å². The molecule has 0 amide bonds. The van der Waals surface area contributed by atoms with Crippen molar-refractivity contribution in [2.75, 3.05) is 46.1 Å². The van der Waals surface area contributed by atoms with E-state index in [0.717, 1.165) is 30.4 Å². The Morgan fingerprint density at radius 2 is 1.58 bits per heavy atom. The van der Waals surface area contributed by atoms with Gasteiger partial charge in [0.1, 0.15) is 5.75 Å². The van der Waals surface area contributed by atoms with Crippen LogP contribution in [0, 0.1) is 0 Å². The Balaban J connectivity index is 2.76. The quantitative estimate of drug-likeness (QED) is 0.386. The first-order valence-electron chi connectivity index (χ1n) is 8.78. The molecule has 7 heteroatoms. The highest BCUT2D eigenvalue weighted by atomic mass is 28.4. The first-order valence-corrected chi connectivity index (χ1v) is 10.5. The van der Waals surface area contributed by atoms with Crippen LogP contribution in [0.2, 0.25) is 0 Å². The van der Waals surface area contributed by atoms with Gasteiger partial charge < -0.3 is 29.1 Å². The van der Waals surface area contributed by atoms with Crippen LogP contribution >= 0.6 is 0 Å². The van der Waals surface area contributed by atoms with Gasteiger partial charge in [-0.1, -0.05) is 12.1 Å². The molecule has 0 spiro atoms. The fraction of sp³-hybridized carbons (Fsp3) is 0.647. The normalized spacial score (nSPS) is 11.7. The number of benzene rings is 1. The molecule has 0 aliphatic carbocycles. The monoisotopic (exact) mass is 356 g/mol. The van der Waals surface area contributed by atoms with Gasteiger partial charge >= 0.3 is 8.80 Å². The summed E-state index contributed by atoms with van der Waals surface area (Å²) in [7, 11) is -2.89. The maximum Gasteiger partial charge on any atom is 0.537 e. The van der Waals surface area contributed by atoms with Gasteiger partial charge in [0, 0.05) is 38.1 Å². The van der Waals surface area contributed by atoms with Crippen LogP contribution in [-0.4, -0.2) is 54.9 Å². The zero-order valence-corrected chi connectivity index (χ0v) is 16.2. The summed E-state index contributed by atoms with van der Waals surface area (Å²) in [5, 5.41) is 4.22. The van der Waals surface area contributed by atoms with Gasteiger partial charge in [-0.15, -0.1) is 0 Å². The molecule has 0 unspecified atom stereocenters. The van der Waals surface area contributed by atoms with Crippen molar-refractivity contribution in [1.82, 2.24) is 5.32 Å². The Kier molecular flexibility index (Phi) is 10.9. The summed E-state index contributed by atoms with van der Waals surface area (Å²) in [5.41, 5.74) is 5.46. The summed E-state index contributed by atoms with van der Waals surface area (Å²) < 4.78 is 23.7. The predicted octanol–water partition coefficient (Wildman–Crippen LogP) is 1.26. The summed E-state index contributed by atoms with van der Waals surface area (Å²) in [4.78, 5) is 0. The van der Waals surface area contributed by atoms with Crippen molar-refractivity contribution in [1.29, 1.82) is 0 Å². The van der Waals surface area contributed by atoms with E-state index in [4.69, 9.17) is 23.7 Å². The SMILES string of the molecule is CCOc1ccc([Si](OCC)(OCC)OCCCNCCN)cc1. The Bertz CT molecular complexity index is 425. The third-order valence-corrected chi connectivity index (χ3v) is 6.26. The predicted molar refractivity (Wildman–Crippen MR) is 98.7 cm³/mol. The lowest BCUT2D eigenvalue weighted by Gasteiger charge is -2.29. The summed E-state index contributed by atoms with van der Waals surface area (Å²) in [6.07, 6.45) is 0.881. The molecule has 0 radical (unpaired) electrons. The molecule has 0 aliphatic heterocycles. The van der Waals surface area contributed by atoms with Crippen molar-refractivity contribution in [3.8, 4) is 5.75 Å². The number of nitrogens with one attached hydrogen (secondary N) is 1. The van der Waals surface area contributed by atoms with Gasteiger partial charge in [-0.3, -0.25) is 0 Å². The zero-order valence-electron chi connectivity index (χ0n) is 15.2. The Hall–Kier alpha value is -0.963. The van der Waals surface area contributed by atoms with Crippen molar-refractivity contribution < 1.29 is 18.0 Å². The topological polar surface area (TPSA) is 75.0 Å². The van der Waals surface area contributed by atoms with E-state index < -0.39 is 8.80 Å². The molecule has 0 bridgehead atoms. The minimum absolute atomic E-state index is 0.546. The molecule has 0 saturated carbocycles. The largest absolute Gasteiger partial charge is 0.537 e. The van der Waals surface area contributed by atoms with Crippen molar-refractivity contribution >= 4 is 14.0 Å². The molecule has 1 rings (SSSR count). The van der Waals surface area contributed by atoms with Crippen LogP contribution < -0.4 is 21.0 Å². The van der Waals surface area contributed by atoms with Crippen LogP contribution in [0.25, 0.3) is 0 Å². The molecule has 1 aromatic carbocycles. The van der Waals surface area contributed by atoms with E-state index in [1.54, 1.807) is 0 Å². The van der Waals surface area contributed by atoms with Gasteiger partial charge in [-0.2, -0.15) is 0 Å². The fourth-order valence-electron chi connectivity index (χ4n) is 2.31. The van der Waals surface area contributed by atoms with Gasteiger partial charge in [0.05, 0.1) is 6.61 Å². The van der Waals surface area contributed by atoms with E-state index in [0.29, 0.717) is 33.0 Å². The zero-order chi connectivity index (χ0) is 17.7. The molecule has 3 N–H and O–H groups in total. The van der Waals surface area contributed by atoms with E-state index in [1.807, 2.05) is 45.0 Å². The minimum atomic E-state index is -2.89. The number of rotatable bonds is 14. The van der Waals surface area contributed by atoms with Crippen molar-refractivity contribution in [2.24, 2.45) is 5.73 Å². The lowest BCUT2D eigenvalue weighted by atomic mass is 10.3. The first kappa shape index (κ1) is 21.1. The number of ether oxygens (including phenoxy) is 1. The second-order valence-corrected chi connectivity index (χ2v) is 7.68. The molecule has 0 aliphatic rings. The Morgan fingerprint density at radius 1 is 0.917 bits per heavy atom. The fourth-order valence-corrected chi connectivity index (χ4v) is 4.81. The smallest absolute Gasteiger partial charge is 0.494 e. The number of hydrogen-bond acceptors (Lipinski definition) is 6. The first-order chi connectivity index (χ1) is 11.7. The van der Waals surface area contributed by atoms with Gasteiger partial charge in [-0.05, 0) is 45.9 Å². The maximum atomic E-state index is 6.16. The lowest BCUT2D eigenvalue weighted by molar-refractivity contribution is 0.0805. The van der Waals surface area contributed by atoms with Crippen LogP contribution in [0.5, 0.6) is 5.75 Å². The molecule has 0 atom stereocenters. The van der Waals surface area contributed by atoms with Gasteiger partial charge in [0.25, 0.3) is 0 Å². The summed E-state index contributed by atoms with van der Waals surface area (Å²) in [5.74, 6) is 0.836. The summed E-state index contributed by atoms with van der Waals surface area (Å²) in [6.45, 7) is 10.5. The average molecular weight is 357 g/mol. The highest BCUT2D eigenvalue weighted by Gasteiger charge is 2.43. The summed E-state index contributed by atoms with van der Waals surface area (Å²) in [6, 6.07) is 7.83. The molecular formula is C17H32N2O4Si. The third kappa shape index (κ3) is 6.88. The molecule has 24 heavy (non-hydrogen) atoms. The number of hydrogen-bond donors (Lipinski definition) is 2. The maximum absolute atomic E-state index is 6.16. The molecular weight excluding hydrogens is 324 g/mol. The van der Waals surface area contributed by atoms with Gasteiger partial charge in [-0.25, -0.2) is 0 Å². The second kappa shape index (κ2) is 12.4. The van der Waals surface area contributed by atoms with Gasteiger partial charge in [0.15, 0.2) is 0 Å². The molecule has 0 fully saturated rings. The molecule has 6 nitrogen and oxygen atoms in total. The third-order valence-electron chi connectivity index (χ3n) is 3.30. The van der Waals surface area contributed by atoms with E-state index in [-0.39, 0.29) is 0 Å². The molecule has 0 saturated heterocycles. The second-order valence-electron chi connectivity index (χ2n) is 5.12. The minimum Gasteiger partial charge on any atom is -0.494 e. The molecule has 1 aromatic rings. The standard InChI is InChI=1S/C17H32N2O4Si/c1-4-20-16-8-10-17(11-9-16)24(21-5-2,22-6-3)23-15-7-13-19-14-12-18/h8-11,19H,4-7,12-15,18H2,1-3H3. The van der Waals surface area contributed by atoms with Crippen molar-refractivity contribution in [2.45, 2.75) is 27.2 Å². The Labute approximate surface area is 147 Å². The van der Waals surface area contributed by atoms with Crippen LogP contribution in [0.4, 0.5) is 0 Å². The van der Waals surface area contributed by atoms with Crippen LogP contribution in [0.15, 0.2) is 24.3 Å². The van der Waals surface area contributed by atoms with E-state index in [1.165, 1.54) is 0 Å².